The maximum absolute atomic E-state index is 13.8. The molecule has 1 heterocycles. The molecular formula is C13H13BrFNO2. The van der Waals surface area contributed by atoms with Crippen LogP contribution in [0, 0.1) is 5.82 Å². The minimum Gasteiger partial charge on any atom is -0.478 e. The van der Waals surface area contributed by atoms with Crippen molar-refractivity contribution in [1.82, 2.24) is 0 Å². The van der Waals surface area contributed by atoms with Crippen molar-refractivity contribution in [3.63, 3.8) is 0 Å². The molecule has 0 aromatic heterocycles. The molecule has 3 nitrogen and oxygen atoms in total. The quantitative estimate of drug-likeness (QED) is 0.796. The number of fused-ring (bicyclic) bond motifs is 1. The Morgan fingerprint density at radius 2 is 2.06 bits per heavy atom. The lowest BCUT2D eigenvalue weighted by atomic mass is 10.1. The van der Waals surface area contributed by atoms with Gasteiger partial charge >= 0.3 is 0 Å². The Bertz CT molecular complexity index is 500. The Kier molecular flexibility index (Phi) is 3.01. The number of halogens is 2. The summed E-state index contributed by atoms with van der Waals surface area (Å²) in [5.74, 6) is -0.300. The molecule has 1 fully saturated rings. The average Bonchev–Trinajstić information content (AvgIpc) is 2.81. The van der Waals surface area contributed by atoms with E-state index in [2.05, 4.69) is 15.9 Å². The molecule has 1 aliphatic carbocycles. The topological polar surface area (TPSA) is 29.5 Å². The first-order valence-electron chi connectivity index (χ1n) is 6.11. The van der Waals surface area contributed by atoms with Gasteiger partial charge in [-0.05, 0) is 25.0 Å². The predicted molar refractivity (Wildman–Crippen MR) is 69.3 cm³/mol. The number of ether oxygens (including phenoxy) is 1. The maximum atomic E-state index is 13.8. The van der Waals surface area contributed by atoms with Gasteiger partial charge in [0.05, 0.1) is 5.69 Å². The molecule has 2 aliphatic rings. The van der Waals surface area contributed by atoms with Crippen molar-refractivity contribution < 1.29 is 13.9 Å². The monoisotopic (exact) mass is 313 g/mol. The van der Waals surface area contributed by atoms with Gasteiger partial charge < -0.3 is 9.64 Å². The molecule has 0 radical (unpaired) electrons. The third kappa shape index (κ3) is 1.90. The standard InChI is InChI=1S/C13H13BrFNO2/c14-8-5-10(15)13-11(6-8)16(12(17)7-18-13)9-3-1-2-4-9/h5-6,9H,1-4,7H2. The zero-order chi connectivity index (χ0) is 12.7. The van der Waals surface area contributed by atoms with E-state index >= 15 is 0 Å². The normalized spacial score (nSPS) is 19.9. The Morgan fingerprint density at radius 1 is 1.33 bits per heavy atom. The van der Waals surface area contributed by atoms with Gasteiger partial charge in [-0.2, -0.15) is 0 Å². The van der Waals surface area contributed by atoms with Crippen LogP contribution >= 0.6 is 15.9 Å². The highest BCUT2D eigenvalue weighted by atomic mass is 79.9. The van der Waals surface area contributed by atoms with Gasteiger partial charge in [-0.1, -0.05) is 28.8 Å². The Labute approximate surface area is 113 Å². The van der Waals surface area contributed by atoms with E-state index in [9.17, 15) is 9.18 Å². The van der Waals surface area contributed by atoms with Gasteiger partial charge in [0.1, 0.15) is 0 Å². The van der Waals surface area contributed by atoms with Gasteiger partial charge in [0.2, 0.25) is 0 Å². The summed E-state index contributed by atoms with van der Waals surface area (Å²) in [4.78, 5) is 13.8. The van der Waals surface area contributed by atoms with Gasteiger partial charge in [-0.25, -0.2) is 4.39 Å². The number of nitrogens with zero attached hydrogens (tertiary/aromatic N) is 1. The van der Waals surface area contributed by atoms with E-state index in [1.807, 2.05) is 0 Å². The molecule has 1 saturated carbocycles. The summed E-state index contributed by atoms with van der Waals surface area (Å²) in [5, 5.41) is 0. The molecule has 1 aliphatic heterocycles. The van der Waals surface area contributed by atoms with Crippen molar-refractivity contribution in [2.45, 2.75) is 31.7 Å². The minimum absolute atomic E-state index is 0.0674. The number of carbonyl (C=O) groups is 1. The molecule has 0 bridgehead atoms. The molecule has 5 heteroatoms. The van der Waals surface area contributed by atoms with E-state index in [4.69, 9.17) is 4.74 Å². The van der Waals surface area contributed by atoms with Crippen LogP contribution in [0.4, 0.5) is 10.1 Å². The molecule has 1 aromatic rings. The molecule has 96 valence electrons. The molecule has 18 heavy (non-hydrogen) atoms. The highest BCUT2D eigenvalue weighted by Gasteiger charge is 2.34. The molecule has 0 unspecified atom stereocenters. The Hall–Kier alpha value is -1.10. The number of benzene rings is 1. The summed E-state index contributed by atoms with van der Waals surface area (Å²) >= 11 is 3.26. The molecule has 0 spiro atoms. The van der Waals surface area contributed by atoms with Crippen LogP contribution in [-0.2, 0) is 4.79 Å². The van der Waals surface area contributed by atoms with Gasteiger partial charge in [-0.15, -0.1) is 0 Å². The second-order valence-corrected chi connectivity index (χ2v) is 5.64. The Morgan fingerprint density at radius 3 is 2.78 bits per heavy atom. The van der Waals surface area contributed by atoms with Crippen molar-refractivity contribution in [3.8, 4) is 5.75 Å². The Balaban J connectivity index is 2.07. The lowest BCUT2D eigenvalue weighted by Gasteiger charge is -2.34. The highest BCUT2D eigenvalue weighted by molar-refractivity contribution is 9.10. The molecule has 0 atom stereocenters. The third-order valence-corrected chi connectivity index (χ3v) is 4.00. The van der Waals surface area contributed by atoms with E-state index in [0.29, 0.717) is 10.2 Å². The van der Waals surface area contributed by atoms with Crippen molar-refractivity contribution in [1.29, 1.82) is 0 Å². The largest absolute Gasteiger partial charge is 0.478 e. The lowest BCUT2D eigenvalue weighted by Crippen LogP contribution is -2.44. The van der Waals surface area contributed by atoms with Crippen LogP contribution in [-0.4, -0.2) is 18.6 Å². The average molecular weight is 314 g/mol. The molecule has 0 saturated heterocycles. The number of hydrogen-bond donors (Lipinski definition) is 0. The smallest absolute Gasteiger partial charge is 0.265 e. The van der Waals surface area contributed by atoms with Crippen molar-refractivity contribution in [2.24, 2.45) is 0 Å². The summed E-state index contributed by atoms with van der Waals surface area (Å²) in [6, 6.07) is 3.31. The van der Waals surface area contributed by atoms with E-state index in [-0.39, 0.29) is 24.3 Å². The maximum Gasteiger partial charge on any atom is 0.265 e. The molecule has 1 amide bonds. The van der Waals surface area contributed by atoms with Crippen LogP contribution in [0.1, 0.15) is 25.7 Å². The summed E-state index contributed by atoms with van der Waals surface area (Å²) < 4.78 is 19.7. The number of rotatable bonds is 1. The number of carbonyl (C=O) groups excluding carboxylic acids is 1. The van der Waals surface area contributed by atoms with Crippen molar-refractivity contribution in [2.75, 3.05) is 11.5 Å². The van der Waals surface area contributed by atoms with Crippen LogP contribution < -0.4 is 9.64 Å². The van der Waals surface area contributed by atoms with Crippen LogP contribution in [0.25, 0.3) is 0 Å². The van der Waals surface area contributed by atoms with Crippen molar-refractivity contribution in [3.05, 3.63) is 22.4 Å². The molecular weight excluding hydrogens is 301 g/mol. The number of amides is 1. The first kappa shape index (κ1) is 12.0. The van der Waals surface area contributed by atoms with Gasteiger partial charge in [-0.3, -0.25) is 4.79 Å². The van der Waals surface area contributed by atoms with Crippen LogP contribution in [0.15, 0.2) is 16.6 Å². The van der Waals surface area contributed by atoms with Gasteiger partial charge in [0.15, 0.2) is 18.2 Å². The SMILES string of the molecule is O=C1COc2c(F)cc(Br)cc2N1C1CCCC1. The number of anilines is 1. The van der Waals surface area contributed by atoms with Crippen LogP contribution in [0.2, 0.25) is 0 Å². The third-order valence-electron chi connectivity index (χ3n) is 3.55. The van der Waals surface area contributed by atoms with Crippen LogP contribution in [0.5, 0.6) is 5.75 Å². The first-order chi connectivity index (χ1) is 8.66. The zero-order valence-electron chi connectivity index (χ0n) is 9.79. The van der Waals surface area contributed by atoms with Gasteiger partial charge in [0, 0.05) is 10.5 Å². The summed E-state index contributed by atoms with van der Waals surface area (Å²) in [7, 11) is 0. The van der Waals surface area contributed by atoms with E-state index in [1.165, 1.54) is 6.07 Å². The van der Waals surface area contributed by atoms with E-state index < -0.39 is 5.82 Å². The van der Waals surface area contributed by atoms with Crippen LogP contribution in [0.3, 0.4) is 0 Å². The lowest BCUT2D eigenvalue weighted by molar-refractivity contribution is -0.121. The zero-order valence-corrected chi connectivity index (χ0v) is 11.4. The highest BCUT2D eigenvalue weighted by Crippen LogP contribution is 2.40. The minimum atomic E-state index is -0.421. The summed E-state index contributed by atoms with van der Waals surface area (Å²) in [6.07, 6.45) is 4.22. The summed E-state index contributed by atoms with van der Waals surface area (Å²) in [6.45, 7) is -0.0674. The first-order valence-corrected chi connectivity index (χ1v) is 6.90. The second kappa shape index (κ2) is 4.53. The molecule has 1 aromatic carbocycles. The fourth-order valence-corrected chi connectivity index (χ4v) is 3.19. The molecule has 3 rings (SSSR count). The van der Waals surface area contributed by atoms with Gasteiger partial charge in [0.25, 0.3) is 5.91 Å². The number of hydrogen-bond acceptors (Lipinski definition) is 2. The fraction of sp³-hybridized carbons (Fsp3) is 0.462. The molecule has 0 N–H and O–H groups in total. The van der Waals surface area contributed by atoms with E-state index in [0.717, 1.165) is 25.7 Å². The van der Waals surface area contributed by atoms with Crippen molar-refractivity contribution >= 4 is 27.5 Å². The fourth-order valence-electron chi connectivity index (χ4n) is 2.77. The summed E-state index contributed by atoms with van der Waals surface area (Å²) in [5.41, 5.74) is 0.560. The van der Waals surface area contributed by atoms with E-state index in [1.54, 1.807) is 11.0 Å². The predicted octanol–water partition coefficient (Wildman–Crippen LogP) is 3.26. The second-order valence-electron chi connectivity index (χ2n) is 4.73.